The van der Waals surface area contributed by atoms with E-state index in [0.29, 0.717) is 50.1 Å². The molecule has 0 bridgehead atoms. The molecule has 4 N–H and O–H groups in total. The van der Waals surface area contributed by atoms with E-state index < -0.39 is 63.0 Å². The number of nitrogens with two attached hydrogens (primary N) is 2. The van der Waals surface area contributed by atoms with Gasteiger partial charge in [0.1, 0.15) is 57.8 Å². The molecule has 0 radical (unpaired) electrons. The summed E-state index contributed by atoms with van der Waals surface area (Å²) in [7, 11) is 0. The van der Waals surface area contributed by atoms with Crippen molar-refractivity contribution in [1.29, 1.82) is 5.26 Å². The highest BCUT2D eigenvalue weighted by atomic mass is 32.1. The third-order valence-corrected chi connectivity index (χ3v) is 11.9. The lowest BCUT2D eigenvalue weighted by Crippen LogP contribution is -2.37. The van der Waals surface area contributed by atoms with E-state index in [0.717, 1.165) is 42.8 Å². The van der Waals surface area contributed by atoms with Gasteiger partial charge in [0.05, 0.1) is 47.4 Å². The summed E-state index contributed by atoms with van der Waals surface area (Å²) in [4.78, 5) is 16.6. The number of thiophene rings is 1. The lowest BCUT2D eigenvalue weighted by molar-refractivity contribution is -0.138. The third-order valence-electron chi connectivity index (χ3n) is 10.8. The highest BCUT2D eigenvalue weighted by Crippen LogP contribution is 2.54. The fraction of sp³-hybridized carbons (Fsp3) is 0.368. The van der Waals surface area contributed by atoms with Crippen LogP contribution in [0.2, 0.25) is 0 Å². The van der Waals surface area contributed by atoms with Gasteiger partial charge in [-0.05, 0) is 55.9 Å². The van der Waals surface area contributed by atoms with Gasteiger partial charge >= 0.3 is 12.2 Å². The first kappa shape index (κ1) is 37.5. The maximum atomic E-state index is 17.4. The van der Waals surface area contributed by atoms with Gasteiger partial charge in [0.2, 0.25) is 0 Å². The van der Waals surface area contributed by atoms with Gasteiger partial charge in [-0.15, -0.1) is 11.3 Å². The molecule has 292 valence electrons. The van der Waals surface area contributed by atoms with Crippen LogP contribution in [0, 0.1) is 34.2 Å². The minimum Gasteiger partial charge on any atom is -0.490 e. The molecule has 0 amide bonds. The Balaban J connectivity index is 1.33. The number of nitrogens with zero attached hydrogens (tertiary/aromatic N) is 6. The first-order valence-corrected chi connectivity index (χ1v) is 18.5. The first-order valence-electron chi connectivity index (χ1n) is 17.7. The Labute approximate surface area is 319 Å². The third kappa shape index (κ3) is 6.45. The van der Waals surface area contributed by atoms with E-state index in [9.17, 15) is 14.0 Å². The average molecular weight is 799 g/mol. The van der Waals surface area contributed by atoms with E-state index >= 15 is 22.0 Å². The number of pyridine rings is 1. The molecule has 18 heteroatoms. The van der Waals surface area contributed by atoms with Gasteiger partial charge in [-0.3, -0.25) is 0 Å². The summed E-state index contributed by atoms with van der Waals surface area (Å²) in [6, 6.07) is 3.58. The summed E-state index contributed by atoms with van der Waals surface area (Å²) in [5, 5.41) is 9.05. The van der Waals surface area contributed by atoms with Gasteiger partial charge in [-0.1, -0.05) is 6.07 Å². The van der Waals surface area contributed by atoms with Crippen LogP contribution in [0.4, 0.5) is 47.4 Å². The minimum absolute atomic E-state index is 0.0465. The number of hydrogen-bond donors (Lipinski definition) is 2. The Morgan fingerprint density at radius 2 is 1.86 bits per heavy atom. The Morgan fingerprint density at radius 1 is 1.11 bits per heavy atom. The summed E-state index contributed by atoms with van der Waals surface area (Å²) < 4.78 is 118. The Bertz CT molecular complexity index is 2470. The Kier molecular flexibility index (Phi) is 9.35. The zero-order chi connectivity index (χ0) is 39.7. The number of anilines is 3. The predicted molar refractivity (Wildman–Crippen MR) is 196 cm³/mol. The molecule has 1 atom stereocenters. The van der Waals surface area contributed by atoms with Crippen LogP contribution in [-0.4, -0.2) is 59.2 Å². The van der Waals surface area contributed by atoms with E-state index in [1.807, 2.05) is 6.07 Å². The van der Waals surface area contributed by atoms with Crippen molar-refractivity contribution in [1.82, 2.24) is 19.9 Å². The number of ether oxygens (including phenoxy) is 2. The maximum absolute atomic E-state index is 17.4. The smallest absolute Gasteiger partial charge is 0.420 e. The molecule has 1 saturated carbocycles. The Hall–Kier alpha value is -5.41. The molecule has 2 aromatic carbocycles. The van der Waals surface area contributed by atoms with Crippen molar-refractivity contribution in [3.05, 3.63) is 70.4 Å². The van der Waals surface area contributed by atoms with Crippen LogP contribution < -0.4 is 25.8 Å². The zero-order valence-corrected chi connectivity index (χ0v) is 30.6. The second kappa shape index (κ2) is 14.0. The molecule has 0 spiro atoms. The lowest BCUT2D eigenvalue weighted by Gasteiger charge is -2.31. The van der Waals surface area contributed by atoms with Crippen LogP contribution in [0.5, 0.6) is 11.8 Å². The predicted octanol–water partition coefficient (Wildman–Crippen LogP) is 8.45. The SMILES string of the molecule is C[C@H](c1cc(F)cnc1N)N1CCOc2c(C(F)(F)F)c(-c3ccc(F)c4sc(N)c(C#N)c34)c(F)c3nc(OCC4(CN5CCC(=CF)CC5)CC4)nc1c23. The number of rotatable bonds is 8. The van der Waals surface area contributed by atoms with Crippen LogP contribution in [0.3, 0.4) is 0 Å². The number of fused-ring (bicyclic) bond motifs is 1. The first-order chi connectivity index (χ1) is 26.7. The number of benzene rings is 2. The fourth-order valence-electron chi connectivity index (χ4n) is 7.73. The van der Waals surface area contributed by atoms with Crippen molar-refractivity contribution in [2.75, 3.05) is 55.8 Å². The van der Waals surface area contributed by atoms with Gasteiger partial charge in [0.25, 0.3) is 0 Å². The molecule has 5 heterocycles. The maximum Gasteiger partial charge on any atom is 0.420 e. The van der Waals surface area contributed by atoms with E-state index in [2.05, 4.69) is 19.9 Å². The molecule has 2 fully saturated rings. The molecule has 1 aliphatic carbocycles. The molecular formula is C38H33F7N8O2S. The number of piperidine rings is 1. The summed E-state index contributed by atoms with van der Waals surface area (Å²) in [5.41, 5.74) is 8.84. The van der Waals surface area contributed by atoms with Crippen LogP contribution in [-0.2, 0) is 6.18 Å². The highest BCUT2D eigenvalue weighted by molar-refractivity contribution is 7.23. The van der Waals surface area contributed by atoms with E-state index in [1.165, 1.54) is 4.90 Å². The van der Waals surface area contributed by atoms with Crippen molar-refractivity contribution in [2.24, 2.45) is 5.41 Å². The van der Waals surface area contributed by atoms with E-state index in [4.69, 9.17) is 20.9 Å². The number of aromatic nitrogens is 3. The molecule has 1 saturated heterocycles. The van der Waals surface area contributed by atoms with Gasteiger partial charge in [-0.25, -0.2) is 22.5 Å². The molecule has 5 aromatic rings. The van der Waals surface area contributed by atoms with Crippen molar-refractivity contribution in [2.45, 2.75) is 44.8 Å². The molecule has 56 heavy (non-hydrogen) atoms. The average Bonchev–Trinajstić information content (AvgIpc) is 3.89. The number of likely N-dealkylation sites (tertiary alicyclic amines) is 1. The minimum atomic E-state index is -5.27. The second-order valence-electron chi connectivity index (χ2n) is 14.4. The lowest BCUT2D eigenvalue weighted by atomic mass is 9.91. The van der Waals surface area contributed by atoms with Gasteiger partial charge in [0, 0.05) is 41.6 Å². The second-order valence-corrected chi connectivity index (χ2v) is 15.4. The largest absolute Gasteiger partial charge is 0.490 e. The van der Waals surface area contributed by atoms with Crippen molar-refractivity contribution >= 4 is 49.0 Å². The van der Waals surface area contributed by atoms with Crippen LogP contribution in [0.25, 0.3) is 32.1 Å². The zero-order valence-electron chi connectivity index (χ0n) is 29.7. The molecule has 3 aliphatic rings. The van der Waals surface area contributed by atoms with Crippen molar-refractivity contribution in [3.8, 4) is 29.0 Å². The number of hydrogen-bond acceptors (Lipinski definition) is 11. The summed E-state index contributed by atoms with van der Waals surface area (Å²) >= 11 is 0.651. The topological polar surface area (TPSA) is 139 Å². The van der Waals surface area contributed by atoms with Crippen LogP contribution in [0.15, 0.2) is 36.3 Å². The fourth-order valence-corrected chi connectivity index (χ4v) is 8.68. The number of alkyl halides is 3. The molecular weight excluding hydrogens is 766 g/mol. The van der Waals surface area contributed by atoms with E-state index in [-0.39, 0.29) is 69.0 Å². The molecule has 8 rings (SSSR count). The highest BCUT2D eigenvalue weighted by Gasteiger charge is 2.47. The molecule has 0 unspecified atom stereocenters. The summed E-state index contributed by atoms with van der Waals surface area (Å²) in [5.74, 6) is -4.07. The van der Waals surface area contributed by atoms with Gasteiger partial charge < -0.3 is 30.7 Å². The monoisotopic (exact) mass is 798 g/mol. The molecule has 3 aromatic heterocycles. The molecule has 10 nitrogen and oxygen atoms in total. The Morgan fingerprint density at radius 3 is 2.54 bits per heavy atom. The summed E-state index contributed by atoms with van der Waals surface area (Å²) in [6.45, 7) is 3.17. The normalized spacial score (nSPS) is 17.4. The van der Waals surface area contributed by atoms with Gasteiger partial charge in [0.15, 0.2) is 5.82 Å². The molecule has 2 aliphatic heterocycles. The number of nitrogen functional groups attached to an aromatic ring is 2. The van der Waals surface area contributed by atoms with Crippen LogP contribution >= 0.6 is 11.3 Å². The standard InChI is InChI=1S/C38H33F7N8O2S/c1-18(22-12-20(40)15-49-33(22)47)53-10-11-54-31-27-30(50-36(51-35(27)53)55-17-37(6-7-37)16-52-8-4-19(13-39)5-9-52)29(42)26(28(31)38(43,44)45)21-2-3-24(41)32-25(21)23(14-46)34(48)56-32/h2-3,12-13,15,18H,4-11,16-17,48H2,1H3,(H2,47,49)/t18-/m1/s1. The van der Waals surface area contributed by atoms with Crippen molar-refractivity contribution in [3.63, 3.8) is 0 Å². The van der Waals surface area contributed by atoms with Crippen LogP contribution in [0.1, 0.15) is 55.3 Å². The summed E-state index contributed by atoms with van der Waals surface area (Å²) in [6.07, 6.45) is -0.907. The van der Waals surface area contributed by atoms with E-state index in [1.54, 1.807) is 6.92 Å². The number of nitriles is 1. The quantitative estimate of drug-likeness (QED) is 0.147. The van der Waals surface area contributed by atoms with Crippen molar-refractivity contribution < 1.29 is 40.2 Å². The number of halogens is 7. The van der Waals surface area contributed by atoms with Gasteiger partial charge in [-0.2, -0.15) is 28.4 Å².